The fourth-order valence-electron chi connectivity index (χ4n) is 3.87. The summed E-state index contributed by atoms with van der Waals surface area (Å²) in [5.41, 5.74) is 4.39. The second-order valence-corrected chi connectivity index (χ2v) is 10.9. The number of nitrogens with zero attached hydrogens (tertiary/aromatic N) is 1. The zero-order valence-electron chi connectivity index (χ0n) is 21.1. The Labute approximate surface area is 228 Å². The maximum atomic E-state index is 13.6. The van der Waals surface area contributed by atoms with Gasteiger partial charge in [-0.2, -0.15) is 0 Å². The van der Waals surface area contributed by atoms with E-state index in [1.807, 2.05) is 73.7 Å². The average molecular weight is 568 g/mol. The summed E-state index contributed by atoms with van der Waals surface area (Å²) in [7, 11) is 0. The summed E-state index contributed by atoms with van der Waals surface area (Å²) >= 11 is 5.05. The molecular weight excluding hydrogens is 532 g/mol. The molecule has 0 aliphatic carbocycles. The van der Waals surface area contributed by atoms with Gasteiger partial charge in [-0.15, -0.1) is 11.8 Å². The quantitative estimate of drug-likeness (QED) is 0.239. The minimum absolute atomic E-state index is 0.0238. The first-order valence-electron chi connectivity index (χ1n) is 12.4. The molecule has 0 aliphatic rings. The number of carbonyl (C=O) groups is 2. The van der Waals surface area contributed by atoms with Crippen molar-refractivity contribution in [1.82, 2.24) is 10.2 Å². The van der Waals surface area contributed by atoms with Crippen molar-refractivity contribution < 1.29 is 9.59 Å². The summed E-state index contributed by atoms with van der Waals surface area (Å²) in [6.07, 6.45) is 2.40. The Kier molecular flexibility index (Phi) is 11.6. The zero-order chi connectivity index (χ0) is 25.8. The molecule has 1 N–H and O–H groups in total. The van der Waals surface area contributed by atoms with Gasteiger partial charge in [0, 0.05) is 29.7 Å². The van der Waals surface area contributed by atoms with Crippen molar-refractivity contribution in [2.45, 2.75) is 51.4 Å². The molecule has 0 aliphatic heterocycles. The topological polar surface area (TPSA) is 49.4 Å². The Balaban J connectivity index is 1.81. The maximum Gasteiger partial charge on any atom is 0.243 e. The highest BCUT2D eigenvalue weighted by atomic mass is 79.9. The van der Waals surface area contributed by atoms with Crippen LogP contribution in [0.25, 0.3) is 0 Å². The molecule has 0 heterocycles. The molecule has 0 saturated carbocycles. The second-order valence-electron chi connectivity index (χ2n) is 8.98. The van der Waals surface area contributed by atoms with Crippen LogP contribution in [0.1, 0.15) is 42.0 Å². The number of nitrogens with one attached hydrogen (secondary N) is 1. The predicted octanol–water partition coefficient (Wildman–Crippen LogP) is 6.55. The number of hydrogen-bond acceptors (Lipinski definition) is 3. The molecule has 3 rings (SSSR count). The van der Waals surface area contributed by atoms with Crippen LogP contribution in [-0.4, -0.2) is 35.1 Å². The highest BCUT2D eigenvalue weighted by Crippen LogP contribution is 2.20. The number of carbonyl (C=O) groups excluding carboxylic acids is 2. The van der Waals surface area contributed by atoms with E-state index in [4.69, 9.17) is 0 Å². The van der Waals surface area contributed by atoms with E-state index in [1.165, 1.54) is 11.1 Å². The van der Waals surface area contributed by atoms with Crippen molar-refractivity contribution in [3.8, 4) is 0 Å². The zero-order valence-corrected chi connectivity index (χ0v) is 23.5. The first kappa shape index (κ1) is 28.0. The summed E-state index contributed by atoms with van der Waals surface area (Å²) < 4.78 is 1.04. The van der Waals surface area contributed by atoms with Crippen molar-refractivity contribution in [3.05, 3.63) is 106 Å². The van der Waals surface area contributed by atoms with Crippen LogP contribution in [0.5, 0.6) is 0 Å². The van der Waals surface area contributed by atoms with E-state index < -0.39 is 6.04 Å². The summed E-state index contributed by atoms with van der Waals surface area (Å²) in [4.78, 5) is 28.8. The standard InChI is InChI=1S/C30H35BrN2O2S/c1-3-4-18-32-30(35)28(19-24-8-6-5-7-9-24)33(20-25-12-10-23(2)11-13-25)29(34)22-36-21-26-14-16-27(31)17-15-26/h5-17,28H,3-4,18-22H2,1-2H3,(H,32,35)/t28-/m0/s1. The van der Waals surface area contributed by atoms with Crippen molar-refractivity contribution in [2.75, 3.05) is 12.3 Å². The van der Waals surface area contributed by atoms with Crippen LogP contribution in [0.2, 0.25) is 0 Å². The fraction of sp³-hybridized carbons (Fsp3) is 0.333. The monoisotopic (exact) mass is 566 g/mol. The van der Waals surface area contributed by atoms with Gasteiger partial charge < -0.3 is 10.2 Å². The number of hydrogen-bond donors (Lipinski definition) is 1. The van der Waals surface area contributed by atoms with Crippen LogP contribution in [0.3, 0.4) is 0 Å². The molecule has 3 aromatic carbocycles. The van der Waals surface area contributed by atoms with Crippen molar-refractivity contribution >= 4 is 39.5 Å². The Morgan fingerprint density at radius 2 is 1.58 bits per heavy atom. The van der Waals surface area contributed by atoms with Crippen molar-refractivity contribution in [3.63, 3.8) is 0 Å². The van der Waals surface area contributed by atoms with Gasteiger partial charge in [0.15, 0.2) is 0 Å². The molecule has 0 aromatic heterocycles. The van der Waals surface area contributed by atoms with Gasteiger partial charge >= 0.3 is 0 Å². The maximum absolute atomic E-state index is 13.6. The normalized spacial score (nSPS) is 11.6. The van der Waals surface area contributed by atoms with E-state index in [1.54, 1.807) is 16.7 Å². The van der Waals surface area contributed by atoms with Crippen molar-refractivity contribution in [2.24, 2.45) is 0 Å². The minimum atomic E-state index is -0.577. The van der Waals surface area contributed by atoms with Crippen LogP contribution >= 0.6 is 27.7 Å². The lowest BCUT2D eigenvalue weighted by Gasteiger charge is -2.31. The number of unbranched alkanes of at least 4 members (excludes halogenated alkanes) is 1. The highest BCUT2D eigenvalue weighted by molar-refractivity contribution is 9.10. The number of rotatable bonds is 13. The number of aryl methyl sites for hydroxylation is 1. The largest absolute Gasteiger partial charge is 0.354 e. The smallest absolute Gasteiger partial charge is 0.243 e. The number of thioether (sulfide) groups is 1. The number of benzene rings is 3. The van der Waals surface area contributed by atoms with E-state index in [2.05, 4.69) is 40.3 Å². The van der Waals surface area contributed by atoms with Gasteiger partial charge in [-0.3, -0.25) is 9.59 Å². The molecule has 0 spiro atoms. The van der Waals surface area contributed by atoms with E-state index in [0.29, 0.717) is 25.3 Å². The van der Waals surface area contributed by atoms with Crippen LogP contribution in [0.15, 0.2) is 83.3 Å². The summed E-state index contributed by atoms with van der Waals surface area (Å²) in [6.45, 7) is 5.16. The van der Waals surface area contributed by atoms with Gasteiger partial charge in [-0.25, -0.2) is 0 Å². The summed E-state index contributed by atoms with van der Waals surface area (Å²) in [5.74, 6) is 0.939. The molecule has 6 heteroatoms. The molecule has 1 atom stereocenters. The molecule has 0 bridgehead atoms. The molecule has 4 nitrogen and oxygen atoms in total. The second kappa shape index (κ2) is 14.9. The third kappa shape index (κ3) is 9.14. The Morgan fingerprint density at radius 3 is 2.25 bits per heavy atom. The van der Waals surface area contributed by atoms with Gasteiger partial charge in [0.1, 0.15) is 6.04 Å². The first-order valence-corrected chi connectivity index (χ1v) is 14.4. The Morgan fingerprint density at radius 1 is 0.917 bits per heavy atom. The molecule has 0 fully saturated rings. The Hall–Kier alpha value is -2.57. The summed E-state index contributed by atoms with van der Waals surface area (Å²) in [6, 6.07) is 25.7. The molecule has 2 amide bonds. The van der Waals surface area contributed by atoms with Crippen molar-refractivity contribution in [1.29, 1.82) is 0 Å². The molecule has 0 saturated heterocycles. The molecule has 0 unspecified atom stereocenters. The predicted molar refractivity (Wildman–Crippen MR) is 154 cm³/mol. The van der Waals surface area contributed by atoms with Gasteiger partial charge in [0.25, 0.3) is 0 Å². The molecule has 36 heavy (non-hydrogen) atoms. The lowest BCUT2D eigenvalue weighted by molar-refractivity contribution is -0.139. The van der Waals surface area contributed by atoms with E-state index >= 15 is 0 Å². The van der Waals surface area contributed by atoms with Crippen LogP contribution in [0.4, 0.5) is 0 Å². The van der Waals surface area contributed by atoms with Gasteiger partial charge in [-0.05, 0) is 42.2 Å². The summed E-state index contributed by atoms with van der Waals surface area (Å²) in [5, 5.41) is 3.08. The van der Waals surface area contributed by atoms with E-state index in [-0.39, 0.29) is 11.8 Å². The third-order valence-corrected chi connectivity index (χ3v) is 7.50. The average Bonchev–Trinajstić information content (AvgIpc) is 2.89. The third-order valence-electron chi connectivity index (χ3n) is 5.98. The fourth-order valence-corrected chi connectivity index (χ4v) is 5.01. The molecule has 3 aromatic rings. The lowest BCUT2D eigenvalue weighted by atomic mass is 10.0. The molecule has 190 valence electrons. The SMILES string of the molecule is CCCCNC(=O)[C@H](Cc1ccccc1)N(Cc1ccc(C)cc1)C(=O)CSCc1ccc(Br)cc1. The van der Waals surface area contributed by atoms with Crippen LogP contribution in [-0.2, 0) is 28.3 Å². The van der Waals surface area contributed by atoms with E-state index in [0.717, 1.165) is 34.2 Å². The highest BCUT2D eigenvalue weighted by Gasteiger charge is 2.30. The van der Waals surface area contributed by atoms with Gasteiger partial charge in [-0.1, -0.05) is 102 Å². The molecule has 0 radical (unpaired) electrons. The molecular formula is C30H35BrN2O2S. The minimum Gasteiger partial charge on any atom is -0.354 e. The van der Waals surface area contributed by atoms with Crippen LogP contribution < -0.4 is 5.32 Å². The van der Waals surface area contributed by atoms with Gasteiger partial charge in [0.2, 0.25) is 11.8 Å². The van der Waals surface area contributed by atoms with Crippen LogP contribution in [0, 0.1) is 6.92 Å². The number of halogens is 1. The van der Waals surface area contributed by atoms with E-state index in [9.17, 15) is 9.59 Å². The lowest BCUT2D eigenvalue weighted by Crippen LogP contribution is -2.51. The van der Waals surface area contributed by atoms with Gasteiger partial charge in [0.05, 0.1) is 5.75 Å². The number of amides is 2. The first-order chi connectivity index (χ1) is 17.5. The Bertz CT molecular complexity index is 1090.